The van der Waals surface area contributed by atoms with Crippen LogP contribution in [0.4, 0.5) is 0 Å². The number of fused-ring (bicyclic) bond motifs is 1. The lowest BCUT2D eigenvalue weighted by Gasteiger charge is -2.04. The summed E-state index contributed by atoms with van der Waals surface area (Å²) in [6.45, 7) is 2.03. The zero-order valence-electron chi connectivity index (χ0n) is 14.5. The molecule has 0 spiro atoms. The van der Waals surface area contributed by atoms with E-state index < -0.39 is 0 Å². The predicted molar refractivity (Wildman–Crippen MR) is 112 cm³/mol. The Balaban J connectivity index is 1.67. The van der Waals surface area contributed by atoms with E-state index in [-0.39, 0.29) is 5.56 Å². The molecule has 4 aromatic rings. The number of aryl methyl sites for hydroxylation is 1. The van der Waals surface area contributed by atoms with Crippen molar-refractivity contribution in [3.8, 4) is 11.3 Å². The number of benzene rings is 2. The average molecular weight is 422 g/mol. The molecule has 0 radical (unpaired) electrons. The number of hydrogen-bond acceptors (Lipinski definition) is 4. The molecule has 6 heteroatoms. The van der Waals surface area contributed by atoms with Gasteiger partial charge in [0.2, 0.25) is 0 Å². The second-order valence-electron chi connectivity index (χ2n) is 6.16. The standard InChI is InChI=1S/C21H16BrN3O2/c1-13-12-14(6-9-17(13)22)19-10-7-15(27-19)8-11-20-24-18-5-3-2-4-16(18)21(26)25(20)23/h2-12H,23H2,1H3/b11-8+. The molecule has 2 N–H and O–H groups in total. The molecule has 2 aromatic carbocycles. The first-order chi connectivity index (χ1) is 13.0. The van der Waals surface area contributed by atoms with Gasteiger partial charge in [0.05, 0.1) is 10.9 Å². The van der Waals surface area contributed by atoms with E-state index in [1.165, 1.54) is 0 Å². The van der Waals surface area contributed by atoms with Crippen LogP contribution >= 0.6 is 15.9 Å². The van der Waals surface area contributed by atoms with Gasteiger partial charge >= 0.3 is 0 Å². The summed E-state index contributed by atoms with van der Waals surface area (Å²) in [6, 6.07) is 16.9. The molecular formula is C21H16BrN3O2. The number of rotatable bonds is 3. The van der Waals surface area contributed by atoms with Crippen molar-refractivity contribution in [1.82, 2.24) is 9.66 Å². The summed E-state index contributed by atoms with van der Waals surface area (Å²) in [5.74, 6) is 7.66. The molecule has 0 aliphatic rings. The van der Waals surface area contributed by atoms with E-state index in [0.717, 1.165) is 26.0 Å². The van der Waals surface area contributed by atoms with Crippen LogP contribution in [0.3, 0.4) is 0 Å². The Kier molecular flexibility index (Phi) is 4.41. The number of nitrogens with two attached hydrogens (primary N) is 1. The van der Waals surface area contributed by atoms with Crippen LogP contribution in [0.2, 0.25) is 0 Å². The Hall–Kier alpha value is -3.12. The molecule has 0 aliphatic heterocycles. The van der Waals surface area contributed by atoms with Crippen molar-refractivity contribution >= 4 is 39.0 Å². The van der Waals surface area contributed by atoms with Crippen LogP contribution in [0.1, 0.15) is 17.1 Å². The van der Waals surface area contributed by atoms with E-state index >= 15 is 0 Å². The first-order valence-electron chi connectivity index (χ1n) is 8.34. The van der Waals surface area contributed by atoms with Gasteiger partial charge in [-0.2, -0.15) is 0 Å². The SMILES string of the molecule is Cc1cc(-c2ccc(/C=C/c3nc4ccccc4c(=O)n3N)o2)ccc1Br. The van der Waals surface area contributed by atoms with Crippen molar-refractivity contribution in [2.75, 3.05) is 5.84 Å². The molecule has 0 fully saturated rings. The topological polar surface area (TPSA) is 74.0 Å². The molecule has 0 saturated heterocycles. The minimum absolute atomic E-state index is 0.286. The summed E-state index contributed by atoms with van der Waals surface area (Å²) >= 11 is 3.50. The van der Waals surface area contributed by atoms with E-state index in [1.807, 2.05) is 37.3 Å². The Morgan fingerprint density at radius 2 is 1.93 bits per heavy atom. The van der Waals surface area contributed by atoms with Gasteiger partial charge in [0, 0.05) is 10.0 Å². The Labute approximate surface area is 163 Å². The third-order valence-electron chi connectivity index (χ3n) is 4.30. The van der Waals surface area contributed by atoms with Gasteiger partial charge in [0.25, 0.3) is 5.56 Å². The minimum Gasteiger partial charge on any atom is -0.457 e. The van der Waals surface area contributed by atoms with Crippen molar-refractivity contribution in [1.29, 1.82) is 0 Å². The van der Waals surface area contributed by atoms with Crippen molar-refractivity contribution < 1.29 is 4.42 Å². The number of halogens is 1. The molecule has 2 aromatic heterocycles. The van der Waals surface area contributed by atoms with Crippen molar-refractivity contribution in [3.05, 3.63) is 86.6 Å². The van der Waals surface area contributed by atoms with E-state index in [1.54, 1.807) is 30.4 Å². The predicted octanol–water partition coefficient (Wildman–Crippen LogP) is 4.61. The van der Waals surface area contributed by atoms with Gasteiger partial charge in [-0.15, -0.1) is 0 Å². The third kappa shape index (κ3) is 3.31. The van der Waals surface area contributed by atoms with E-state index in [9.17, 15) is 4.79 Å². The number of nitrogens with zero attached hydrogens (tertiary/aromatic N) is 2. The summed E-state index contributed by atoms with van der Waals surface area (Å²) in [6.07, 6.45) is 3.42. The van der Waals surface area contributed by atoms with Crippen molar-refractivity contribution in [2.24, 2.45) is 0 Å². The fourth-order valence-electron chi connectivity index (χ4n) is 2.83. The highest BCUT2D eigenvalue weighted by Crippen LogP contribution is 2.27. The van der Waals surface area contributed by atoms with Crippen molar-refractivity contribution in [2.45, 2.75) is 6.92 Å². The Bertz CT molecular complexity index is 1240. The summed E-state index contributed by atoms with van der Waals surface area (Å²) in [7, 11) is 0. The lowest BCUT2D eigenvalue weighted by molar-refractivity contribution is 0.572. The average Bonchev–Trinajstić information content (AvgIpc) is 3.15. The highest BCUT2D eigenvalue weighted by Gasteiger charge is 2.08. The third-order valence-corrected chi connectivity index (χ3v) is 5.19. The van der Waals surface area contributed by atoms with Crippen LogP contribution < -0.4 is 11.4 Å². The van der Waals surface area contributed by atoms with Crippen LogP contribution in [0.15, 0.2) is 68.3 Å². The Morgan fingerprint density at radius 1 is 1.11 bits per heavy atom. The molecule has 0 bridgehead atoms. The highest BCUT2D eigenvalue weighted by atomic mass is 79.9. The molecular weight excluding hydrogens is 406 g/mol. The second kappa shape index (κ2) is 6.89. The monoisotopic (exact) mass is 421 g/mol. The molecule has 27 heavy (non-hydrogen) atoms. The normalized spacial score (nSPS) is 11.5. The maximum absolute atomic E-state index is 12.3. The van der Waals surface area contributed by atoms with E-state index in [4.69, 9.17) is 10.3 Å². The van der Waals surface area contributed by atoms with Gasteiger partial charge in [-0.1, -0.05) is 34.1 Å². The summed E-state index contributed by atoms with van der Waals surface area (Å²) < 4.78 is 7.98. The lowest BCUT2D eigenvalue weighted by atomic mass is 10.1. The van der Waals surface area contributed by atoms with Crippen molar-refractivity contribution in [3.63, 3.8) is 0 Å². The first-order valence-corrected chi connectivity index (χ1v) is 9.13. The molecule has 0 atom stereocenters. The van der Waals surface area contributed by atoms with Crippen LogP contribution in [-0.4, -0.2) is 9.66 Å². The molecule has 0 unspecified atom stereocenters. The number of para-hydroxylation sites is 1. The van der Waals surface area contributed by atoms with Gasteiger partial charge in [-0.25, -0.2) is 9.66 Å². The molecule has 2 heterocycles. The van der Waals surface area contributed by atoms with Crippen LogP contribution in [0.25, 0.3) is 34.4 Å². The molecule has 5 nitrogen and oxygen atoms in total. The molecule has 0 saturated carbocycles. The number of nitrogen functional groups attached to an aromatic ring is 1. The smallest absolute Gasteiger partial charge is 0.280 e. The van der Waals surface area contributed by atoms with Gasteiger partial charge in [-0.3, -0.25) is 4.79 Å². The highest BCUT2D eigenvalue weighted by molar-refractivity contribution is 9.10. The van der Waals surface area contributed by atoms with Gasteiger partial charge in [0.1, 0.15) is 11.5 Å². The summed E-state index contributed by atoms with van der Waals surface area (Å²) in [5, 5.41) is 0.489. The second-order valence-corrected chi connectivity index (χ2v) is 7.02. The number of hydrogen-bond donors (Lipinski definition) is 1. The molecule has 4 rings (SSSR count). The van der Waals surface area contributed by atoms with Gasteiger partial charge < -0.3 is 10.3 Å². The fraction of sp³-hybridized carbons (Fsp3) is 0.0476. The zero-order chi connectivity index (χ0) is 19.0. The number of furan rings is 1. The van der Waals surface area contributed by atoms with Gasteiger partial charge in [-0.05, 0) is 61.0 Å². The minimum atomic E-state index is -0.286. The Morgan fingerprint density at radius 3 is 2.74 bits per heavy atom. The lowest BCUT2D eigenvalue weighted by Crippen LogP contribution is -2.30. The van der Waals surface area contributed by atoms with Crippen LogP contribution in [0.5, 0.6) is 0 Å². The quantitative estimate of drug-likeness (QED) is 0.490. The fourth-order valence-corrected chi connectivity index (χ4v) is 3.08. The van der Waals surface area contributed by atoms with E-state index in [0.29, 0.717) is 22.5 Å². The summed E-state index contributed by atoms with van der Waals surface area (Å²) in [4.78, 5) is 16.8. The summed E-state index contributed by atoms with van der Waals surface area (Å²) in [5.41, 5.74) is 2.45. The van der Waals surface area contributed by atoms with Crippen LogP contribution in [0, 0.1) is 6.92 Å². The number of aromatic nitrogens is 2. The zero-order valence-corrected chi connectivity index (χ0v) is 16.1. The van der Waals surface area contributed by atoms with E-state index in [2.05, 4.69) is 27.0 Å². The van der Waals surface area contributed by atoms with Crippen LogP contribution in [-0.2, 0) is 0 Å². The van der Waals surface area contributed by atoms with Gasteiger partial charge in [0.15, 0.2) is 5.82 Å². The molecule has 0 aliphatic carbocycles. The largest absolute Gasteiger partial charge is 0.457 e. The molecule has 134 valence electrons. The maximum Gasteiger partial charge on any atom is 0.280 e. The molecule has 0 amide bonds. The maximum atomic E-state index is 12.3. The first kappa shape index (κ1) is 17.3.